The number of para-hydroxylation sites is 1. The summed E-state index contributed by atoms with van der Waals surface area (Å²) in [5.74, 6) is 0.711. The quantitative estimate of drug-likeness (QED) is 0.521. The molecule has 2 aromatic carbocycles. The van der Waals surface area contributed by atoms with E-state index in [0.717, 1.165) is 21.3 Å². The molecule has 0 saturated carbocycles. The van der Waals surface area contributed by atoms with Crippen LogP contribution < -0.4 is 14.8 Å². The van der Waals surface area contributed by atoms with Gasteiger partial charge in [0.05, 0.1) is 30.6 Å². The van der Waals surface area contributed by atoms with Gasteiger partial charge in [-0.1, -0.05) is 23.5 Å². The molecule has 5 rings (SSSR count). The molecule has 1 aliphatic heterocycles. The second-order valence-electron chi connectivity index (χ2n) is 6.90. The van der Waals surface area contributed by atoms with Crippen LogP contribution in [0.3, 0.4) is 0 Å². The zero-order valence-electron chi connectivity index (χ0n) is 16.2. The van der Waals surface area contributed by atoms with Gasteiger partial charge in [-0.2, -0.15) is 9.78 Å². The molecule has 2 N–H and O–H groups in total. The van der Waals surface area contributed by atoms with Gasteiger partial charge in [0.25, 0.3) is 0 Å². The molecule has 3 heterocycles. The molecular formula is C21H18N4O4S. The normalized spacial score (nSPS) is 15.7. The van der Waals surface area contributed by atoms with E-state index in [1.165, 1.54) is 25.6 Å². The molecule has 2 aromatic heterocycles. The van der Waals surface area contributed by atoms with Crippen molar-refractivity contribution in [3.05, 3.63) is 53.7 Å². The molecular weight excluding hydrogens is 404 g/mol. The summed E-state index contributed by atoms with van der Waals surface area (Å²) < 4.78 is 13.3. The van der Waals surface area contributed by atoms with Gasteiger partial charge in [-0.15, -0.1) is 0 Å². The van der Waals surface area contributed by atoms with Crippen LogP contribution in [-0.4, -0.2) is 40.0 Å². The van der Waals surface area contributed by atoms with Crippen molar-refractivity contribution in [2.24, 2.45) is 0 Å². The van der Waals surface area contributed by atoms with Crippen molar-refractivity contribution < 1.29 is 19.4 Å². The molecule has 0 fully saturated rings. The van der Waals surface area contributed by atoms with Gasteiger partial charge in [0.1, 0.15) is 5.82 Å². The van der Waals surface area contributed by atoms with Crippen LogP contribution in [0.15, 0.2) is 42.6 Å². The molecule has 4 aromatic rings. The maximum atomic E-state index is 12.6. The second kappa shape index (κ2) is 7.03. The van der Waals surface area contributed by atoms with Gasteiger partial charge < -0.3 is 19.9 Å². The van der Waals surface area contributed by atoms with Gasteiger partial charge in [0.2, 0.25) is 16.8 Å². The Balaban J connectivity index is 1.63. The average Bonchev–Trinajstić information content (AvgIpc) is 3.37. The number of nitrogens with one attached hydrogen (secondary N) is 1. The highest BCUT2D eigenvalue weighted by atomic mass is 32.1. The molecule has 152 valence electrons. The van der Waals surface area contributed by atoms with E-state index in [0.29, 0.717) is 10.9 Å². The molecule has 30 heavy (non-hydrogen) atoms. The summed E-state index contributed by atoms with van der Waals surface area (Å²) in [5, 5.41) is 18.4. The first-order valence-electron chi connectivity index (χ1n) is 9.27. The molecule has 0 bridgehead atoms. The molecule has 8 nitrogen and oxygen atoms in total. The number of methoxy groups -OCH3 is 2. The number of anilines is 1. The van der Waals surface area contributed by atoms with E-state index in [1.54, 1.807) is 23.0 Å². The first-order chi connectivity index (χ1) is 14.6. The Morgan fingerprint density at radius 2 is 1.93 bits per heavy atom. The maximum absolute atomic E-state index is 12.6. The van der Waals surface area contributed by atoms with Crippen LogP contribution in [0.4, 0.5) is 5.82 Å². The van der Waals surface area contributed by atoms with Crippen LogP contribution in [0.1, 0.15) is 23.5 Å². The monoisotopic (exact) mass is 422 g/mol. The minimum atomic E-state index is -0.264. The number of aromatic nitrogens is 3. The zero-order valence-corrected chi connectivity index (χ0v) is 17.1. The number of benzene rings is 2. The summed E-state index contributed by atoms with van der Waals surface area (Å²) in [5.41, 5.74) is 2.54. The van der Waals surface area contributed by atoms with E-state index in [-0.39, 0.29) is 35.5 Å². The summed E-state index contributed by atoms with van der Waals surface area (Å²) >= 11 is 1.51. The predicted octanol–water partition coefficient (Wildman–Crippen LogP) is 3.68. The summed E-state index contributed by atoms with van der Waals surface area (Å²) in [6.07, 6.45) is 1.99. The fraction of sp³-hybridized carbons (Fsp3) is 0.190. The molecule has 1 amide bonds. The molecule has 1 unspecified atom stereocenters. The number of aromatic hydroxyl groups is 1. The second-order valence-corrected chi connectivity index (χ2v) is 7.91. The predicted molar refractivity (Wildman–Crippen MR) is 113 cm³/mol. The Morgan fingerprint density at radius 3 is 2.63 bits per heavy atom. The van der Waals surface area contributed by atoms with Crippen molar-refractivity contribution in [3.8, 4) is 22.4 Å². The maximum Gasteiger partial charge on any atom is 0.226 e. The van der Waals surface area contributed by atoms with Gasteiger partial charge in [0.15, 0.2) is 11.5 Å². The lowest BCUT2D eigenvalue weighted by Crippen LogP contribution is -2.24. The third-order valence-corrected chi connectivity index (χ3v) is 6.20. The van der Waals surface area contributed by atoms with Crippen LogP contribution >= 0.6 is 11.3 Å². The molecule has 9 heteroatoms. The Labute approximate surface area is 175 Å². The number of carbonyl (C=O) groups is 1. The number of carbonyl (C=O) groups excluding carboxylic acids is 1. The number of hydrogen-bond donors (Lipinski definition) is 2. The van der Waals surface area contributed by atoms with Crippen molar-refractivity contribution >= 4 is 33.3 Å². The largest absolute Gasteiger partial charge is 0.502 e. The van der Waals surface area contributed by atoms with E-state index in [9.17, 15) is 9.90 Å². The van der Waals surface area contributed by atoms with Crippen LogP contribution in [0.25, 0.3) is 15.3 Å². The van der Waals surface area contributed by atoms with Gasteiger partial charge in [0, 0.05) is 17.9 Å². The number of phenols is 1. The van der Waals surface area contributed by atoms with Gasteiger partial charge >= 0.3 is 0 Å². The number of ether oxygens (including phenoxy) is 2. The number of rotatable bonds is 4. The first-order valence-corrected chi connectivity index (χ1v) is 10.1. The van der Waals surface area contributed by atoms with E-state index >= 15 is 0 Å². The summed E-state index contributed by atoms with van der Waals surface area (Å²) in [6, 6.07) is 11.3. The van der Waals surface area contributed by atoms with Crippen LogP contribution in [0.5, 0.6) is 17.2 Å². The molecule has 0 radical (unpaired) electrons. The number of amides is 1. The standard InChI is InChI=1S/C21H18N4O4S/c1-28-15-7-11(8-16(29-2)19(15)27)12-9-18(26)24-20-13(12)10-22-25(20)21-23-14-5-3-4-6-17(14)30-21/h3-8,10,12,27H,9H2,1-2H3,(H,24,26). The van der Waals surface area contributed by atoms with E-state index < -0.39 is 0 Å². The Hall–Kier alpha value is -3.59. The first kappa shape index (κ1) is 18.4. The average molecular weight is 422 g/mol. The third-order valence-electron chi connectivity index (χ3n) is 5.19. The van der Waals surface area contributed by atoms with E-state index in [1.807, 2.05) is 24.3 Å². The van der Waals surface area contributed by atoms with Crippen molar-refractivity contribution in [2.45, 2.75) is 12.3 Å². The van der Waals surface area contributed by atoms with Crippen LogP contribution in [0, 0.1) is 0 Å². The smallest absolute Gasteiger partial charge is 0.226 e. The Bertz CT molecular complexity index is 1220. The van der Waals surface area contributed by atoms with Crippen molar-refractivity contribution in [1.82, 2.24) is 14.8 Å². The Morgan fingerprint density at radius 1 is 1.20 bits per heavy atom. The summed E-state index contributed by atoms with van der Waals surface area (Å²) in [6.45, 7) is 0. The van der Waals surface area contributed by atoms with E-state index in [2.05, 4.69) is 15.4 Å². The van der Waals surface area contributed by atoms with Crippen LogP contribution in [0.2, 0.25) is 0 Å². The minimum Gasteiger partial charge on any atom is -0.502 e. The zero-order chi connectivity index (χ0) is 20.8. The topological polar surface area (TPSA) is 98.5 Å². The van der Waals surface area contributed by atoms with Crippen LogP contribution in [-0.2, 0) is 4.79 Å². The number of fused-ring (bicyclic) bond motifs is 2. The third kappa shape index (κ3) is 2.86. The SMILES string of the molecule is COc1cc(C2CC(=O)Nc3c2cnn3-c2nc3ccccc3s2)cc(OC)c1O. The van der Waals surface area contributed by atoms with Crippen molar-refractivity contribution in [2.75, 3.05) is 19.5 Å². The lowest BCUT2D eigenvalue weighted by molar-refractivity contribution is -0.116. The highest BCUT2D eigenvalue weighted by molar-refractivity contribution is 7.20. The Kier molecular flexibility index (Phi) is 4.32. The van der Waals surface area contributed by atoms with Crippen molar-refractivity contribution in [3.63, 3.8) is 0 Å². The lowest BCUT2D eigenvalue weighted by atomic mass is 9.87. The van der Waals surface area contributed by atoms with Crippen molar-refractivity contribution in [1.29, 1.82) is 0 Å². The number of nitrogens with zero attached hydrogens (tertiary/aromatic N) is 3. The molecule has 1 atom stereocenters. The molecule has 0 spiro atoms. The molecule has 0 saturated heterocycles. The number of hydrogen-bond acceptors (Lipinski definition) is 7. The highest BCUT2D eigenvalue weighted by Gasteiger charge is 2.32. The number of phenolic OH excluding ortho intramolecular Hbond substituents is 1. The minimum absolute atomic E-state index is 0.0746. The lowest BCUT2D eigenvalue weighted by Gasteiger charge is -2.24. The molecule has 1 aliphatic rings. The van der Waals surface area contributed by atoms with Gasteiger partial charge in [-0.05, 0) is 29.8 Å². The van der Waals surface area contributed by atoms with Gasteiger partial charge in [-0.3, -0.25) is 4.79 Å². The van der Waals surface area contributed by atoms with E-state index in [4.69, 9.17) is 9.47 Å². The fourth-order valence-corrected chi connectivity index (χ4v) is 4.66. The van der Waals surface area contributed by atoms with Gasteiger partial charge in [-0.25, -0.2) is 4.98 Å². The summed E-state index contributed by atoms with van der Waals surface area (Å²) in [7, 11) is 2.95. The number of thiazole rings is 1. The fourth-order valence-electron chi connectivity index (χ4n) is 3.73. The molecule has 0 aliphatic carbocycles. The summed E-state index contributed by atoms with van der Waals surface area (Å²) in [4.78, 5) is 17.2. The highest BCUT2D eigenvalue weighted by Crippen LogP contribution is 2.44.